The summed E-state index contributed by atoms with van der Waals surface area (Å²) in [6.07, 6.45) is 7.24. The van der Waals surface area contributed by atoms with Crippen molar-refractivity contribution in [2.24, 2.45) is 17.8 Å². The van der Waals surface area contributed by atoms with Crippen LogP contribution in [0.1, 0.15) is 12.8 Å². The second kappa shape index (κ2) is 2.40. The lowest BCUT2D eigenvalue weighted by atomic mass is 9.92. The first kappa shape index (κ1) is 6.96. The second-order valence-electron chi connectivity index (χ2n) is 3.56. The monoisotopic (exact) mass is 150 g/mol. The van der Waals surface area contributed by atoms with Crippen LogP contribution < -0.4 is 0 Å². The van der Waals surface area contributed by atoms with Crippen LogP contribution in [0.2, 0.25) is 0 Å². The van der Waals surface area contributed by atoms with Crippen LogP contribution in [0.15, 0.2) is 24.5 Å². The molecule has 0 aromatic carbocycles. The molecule has 3 atom stereocenters. The number of allylic oxidation sites excluding steroid dienone is 3. The summed E-state index contributed by atoms with van der Waals surface area (Å²) in [4.78, 5) is 0. The molecular formula is C10H14O. The van der Waals surface area contributed by atoms with Crippen LogP contribution >= 0.6 is 0 Å². The van der Waals surface area contributed by atoms with Gasteiger partial charge in [-0.1, -0.05) is 18.7 Å². The highest BCUT2D eigenvalue weighted by molar-refractivity contribution is 5.15. The highest BCUT2D eigenvalue weighted by Crippen LogP contribution is 2.46. The van der Waals surface area contributed by atoms with Crippen LogP contribution in [0.4, 0.5) is 0 Å². The van der Waals surface area contributed by atoms with E-state index in [1.54, 1.807) is 7.11 Å². The molecule has 2 aliphatic rings. The zero-order valence-electron chi connectivity index (χ0n) is 6.92. The lowest BCUT2D eigenvalue weighted by Crippen LogP contribution is -2.10. The quantitative estimate of drug-likeness (QED) is 0.433. The van der Waals surface area contributed by atoms with Crippen LogP contribution in [-0.2, 0) is 4.74 Å². The summed E-state index contributed by atoms with van der Waals surface area (Å²) >= 11 is 0. The maximum atomic E-state index is 5.16. The van der Waals surface area contributed by atoms with Gasteiger partial charge in [0.25, 0.3) is 0 Å². The Balaban J connectivity index is 2.08. The first-order chi connectivity index (χ1) is 5.31. The molecule has 2 aliphatic carbocycles. The van der Waals surface area contributed by atoms with Gasteiger partial charge in [0.05, 0.1) is 12.9 Å². The minimum absolute atomic E-state index is 0.606. The molecular weight excluding hydrogens is 136 g/mol. The van der Waals surface area contributed by atoms with Gasteiger partial charge in [-0.25, -0.2) is 0 Å². The maximum absolute atomic E-state index is 5.16. The third-order valence-electron chi connectivity index (χ3n) is 2.95. The molecule has 0 spiro atoms. The molecule has 0 N–H and O–H groups in total. The normalized spacial score (nSPS) is 39.5. The van der Waals surface area contributed by atoms with Gasteiger partial charge < -0.3 is 4.74 Å². The third-order valence-corrected chi connectivity index (χ3v) is 2.95. The Kier molecular flexibility index (Phi) is 1.52. The SMILES string of the molecule is C=C(OC)[C@@H]1C[C@H]2C=C[C@@H]1C2. The van der Waals surface area contributed by atoms with Crippen LogP contribution in [0.25, 0.3) is 0 Å². The fourth-order valence-corrected chi connectivity index (χ4v) is 2.30. The Morgan fingerprint density at radius 1 is 1.45 bits per heavy atom. The highest BCUT2D eigenvalue weighted by Gasteiger charge is 2.37. The summed E-state index contributed by atoms with van der Waals surface area (Å²) in [6, 6.07) is 0. The van der Waals surface area contributed by atoms with Gasteiger partial charge in [0.1, 0.15) is 0 Å². The van der Waals surface area contributed by atoms with E-state index >= 15 is 0 Å². The van der Waals surface area contributed by atoms with Gasteiger partial charge in [0.15, 0.2) is 0 Å². The molecule has 1 heteroatoms. The number of hydrogen-bond acceptors (Lipinski definition) is 1. The number of hydrogen-bond donors (Lipinski definition) is 0. The van der Waals surface area contributed by atoms with Gasteiger partial charge in [-0.2, -0.15) is 0 Å². The molecule has 0 aromatic heterocycles. The van der Waals surface area contributed by atoms with Crippen LogP contribution in [0, 0.1) is 17.8 Å². The van der Waals surface area contributed by atoms with Crippen molar-refractivity contribution in [3.63, 3.8) is 0 Å². The van der Waals surface area contributed by atoms with Crippen LogP contribution in [0.3, 0.4) is 0 Å². The topological polar surface area (TPSA) is 9.23 Å². The third kappa shape index (κ3) is 0.991. The zero-order valence-corrected chi connectivity index (χ0v) is 6.92. The fourth-order valence-electron chi connectivity index (χ4n) is 2.30. The molecule has 0 saturated heterocycles. The largest absolute Gasteiger partial charge is 0.501 e. The van der Waals surface area contributed by atoms with E-state index in [1.807, 2.05) is 0 Å². The maximum Gasteiger partial charge on any atom is 0.0920 e. The predicted molar refractivity (Wildman–Crippen MR) is 45.0 cm³/mol. The minimum atomic E-state index is 0.606. The summed E-state index contributed by atoms with van der Waals surface area (Å²) in [5.74, 6) is 3.13. The molecule has 0 aromatic rings. The first-order valence-corrected chi connectivity index (χ1v) is 4.22. The number of methoxy groups -OCH3 is 1. The van der Waals surface area contributed by atoms with Crippen molar-refractivity contribution < 1.29 is 4.74 Å². The molecule has 0 heterocycles. The Morgan fingerprint density at radius 3 is 2.73 bits per heavy atom. The molecule has 0 amide bonds. The highest BCUT2D eigenvalue weighted by atomic mass is 16.5. The van der Waals surface area contributed by atoms with Gasteiger partial charge in [0.2, 0.25) is 0 Å². The first-order valence-electron chi connectivity index (χ1n) is 4.22. The van der Waals surface area contributed by atoms with Gasteiger partial charge in [-0.3, -0.25) is 0 Å². The number of rotatable bonds is 2. The van der Waals surface area contributed by atoms with Gasteiger partial charge >= 0.3 is 0 Å². The average Bonchev–Trinajstić information content (AvgIpc) is 2.62. The Labute approximate surface area is 67.7 Å². The van der Waals surface area contributed by atoms with Crippen molar-refractivity contribution in [1.82, 2.24) is 0 Å². The van der Waals surface area contributed by atoms with E-state index in [0.717, 1.165) is 17.6 Å². The van der Waals surface area contributed by atoms with E-state index in [4.69, 9.17) is 4.74 Å². The molecule has 1 nitrogen and oxygen atoms in total. The molecule has 60 valence electrons. The van der Waals surface area contributed by atoms with Crippen LogP contribution in [-0.4, -0.2) is 7.11 Å². The molecule has 11 heavy (non-hydrogen) atoms. The zero-order chi connectivity index (χ0) is 7.84. The molecule has 2 rings (SSSR count). The number of ether oxygens (including phenoxy) is 1. The molecule has 2 bridgehead atoms. The van der Waals surface area contributed by atoms with E-state index in [-0.39, 0.29) is 0 Å². The van der Waals surface area contributed by atoms with E-state index in [1.165, 1.54) is 12.8 Å². The molecule has 1 fully saturated rings. The second-order valence-corrected chi connectivity index (χ2v) is 3.56. The standard InChI is InChI=1S/C10H14O/c1-7(11-2)10-6-8-3-4-9(10)5-8/h3-4,8-10H,1,5-6H2,2H3/t8-,9+,10-/m0/s1. The molecule has 1 saturated carbocycles. The van der Waals surface area contributed by atoms with Crippen molar-refractivity contribution in [3.8, 4) is 0 Å². The molecule has 0 radical (unpaired) electrons. The Bertz CT molecular complexity index is 205. The van der Waals surface area contributed by atoms with E-state index in [9.17, 15) is 0 Å². The smallest absolute Gasteiger partial charge is 0.0920 e. The summed E-state index contributed by atoms with van der Waals surface area (Å²) in [7, 11) is 1.72. The molecule has 0 aliphatic heterocycles. The van der Waals surface area contributed by atoms with Gasteiger partial charge in [-0.15, -0.1) is 0 Å². The van der Waals surface area contributed by atoms with E-state index in [2.05, 4.69) is 18.7 Å². The van der Waals surface area contributed by atoms with Crippen LogP contribution in [0.5, 0.6) is 0 Å². The minimum Gasteiger partial charge on any atom is -0.501 e. The Morgan fingerprint density at radius 2 is 2.27 bits per heavy atom. The lowest BCUT2D eigenvalue weighted by molar-refractivity contribution is 0.229. The van der Waals surface area contributed by atoms with Crippen molar-refractivity contribution in [2.45, 2.75) is 12.8 Å². The van der Waals surface area contributed by atoms with E-state index < -0.39 is 0 Å². The summed E-state index contributed by atoms with van der Waals surface area (Å²) in [5.41, 5.74) is 0. The number of fused-ring (bicyclic) bond motifs is 2. The van der Waals surface area contributed by atoms with E-state index in [0.29, 0.717) is 5.92 Å². The predicted octanol–water partition coefficient (Wildman–Crippen LogP) is 2.36. The summed E-state index contributed by atoms with van der Waals surface area (Å²) < 4.78 is 5.16. The molecule has 0 unspecified atom stereocenters. The fraction of sp³-hybridized carbons (Fsp3) is 0.600. The summed E-state index contributed by atoms with van der Waals surface area (Å²) in [6.45, 7) is 3.92. The average molecular weight is 150 g/mol. The van der Waals surface area contributed by atoms with Crippen molar-refractivity contribution in [2.75, 3.05) is 7.11 Å². The van der Waals surface area contributed by atoms with Crippen molar-refractivity contribution in [1.29, 1.82) is 0 Å². The van der Waals surface area contributed by atoms with Gasteiger partial charge in [-0.05, 0) is 24.7 Å². The van der Waals surface area contributed by atoms with Crippen molar-refractivity contribution in [3.05, 3.63) is 24.5 Å². The summed E-state index contributed by atoms with van der Waals surface area (Å²) in [5, 5.41) is 0. The van der Waals surface area contributed by atoms with Crippen molar-refractivity contribution >= 4 is 0 Å². The lowest BCUT2D eigenvalue weighted by Gasteiger charge is -2.18. The Hall–Kier alpha value is -0.720. The van der Waals surface area contributed by atoms with Gasteiger partial charge in [0, 0.05) is 5.92 Å².